The monoisotopic (exact) mass is 439 g/mol. The van der Waals surface area contributed by atoms with Crippen LogP contribution in [0.25, 0.3) is 11.3 Å². The maximum Gasteiger partial charge on any atom is 0.237 e. The maximum atomic E-state index is 13.3. The fraction of sp³-hybridized carbons (Fsp3) is 0.615. The van der Waals surface area contributed by atoms with E-state index in [9.17, 15) is 9.90 Å². The number of hydrogen-bond acceptors (Lipinski definition) is 4. The number of rotatable bonds is 7. The topological polar surface area (TPSA) is 67.6 Å². The Hall–Kier alpha value is -2.34. The number of aliphatic hydroxyl groups excluding tert-OH is 1. The normalized spacial score (nSPS) is 21.3. The molecule has 1 amide bonds. The van der Waals surface area contributed by atoms with Crippen molar-refractivity contribution in [1.29, 1.82) is 0 Å². The van der Waals surface area contributed by atoms with E-state index in [-0.39, 0.29) is 25.0 Å². The highest BCUT2D eigenvalue weighted by Gasteiger charge is 2.45. The molecule has 1 saturated carbocycles. The highest BCUT2D eigenvalue weighted by molar-refractivity contribution is 5.83. The Labute approximate surface area is 191 Å². The molecule has 1 aliphatic heterocycles. The standard InChI is InChI=1S/C26H37N3O3/c1-16-9-17(2)11-20(10-16)23-22(18(3)14-30)24(27-28(23)6)32-15-26(4,5)25(31)29-13-19-7-8-21(29)12-19/h9-11,18-19,21,30H,7-8,12-15H2,1-6H3/t18-,19?,21?/m1/s1. The minimum atomic E-state index is -0.637. The van der Waals surface area contributed by atoms with Crippen molar-refractivity contribution in [2.45, 2.75) is 65.8 Å². The van der Waals surface area contributed by atoms with Crippen LogP contribution in [-0.4, -0.2) is 51.5 Å². The second-order valence-electron chi connectivity index (χ2n) is 10.6. The van der Waals surface area contributed by atoms with Gasteiger partial charge in [-0.2, -0.15) is 0 Å². The Morgan fingerprint density at radius 3 is 2.50 bits per heavy atom. The molecule has 174 valence electrons. The van der Waals surface area contributed by atoms with Gasteiger partial charge < -0.3 is 14.7 Å². The van der Waals surface area contributed by atoms with E-state index in [1.165, 1.54) is 17.5 Å². The highest BCUT2D eigenvalue weighted by atomic mass is 16.5. The summed E-state index contributed by atoms with van der Waals surface area (Å²) >= 11 is 0. The Bertz CT molecular complexity index is 990. The molecule has 1 aliphatic carbocycles. The zero-order valence-corrected chi connectivity index (χ0v) is 20.3. The maximum absolute atomic E-state index is 13.3. The van der Waals surface area contributed by atoms with Crippen molar-refractivity contribution in [1.82, 2.24) is 14.7 Å². The second-order valence-corrected chi connectivity index (χ2v) is 10.6. The summed E-state index contributed by atoms with van der Waals surface area (Å²) in [6.07, 6.45) is 3.54. The van der Waals surface area contributed by atoms with Gasteiger partial charge >= 0.3 is 0 Å². The van der Waals surface area contributed by atoms with Crippen LogP contribution < -0.4 is 4.74 Å². The van der Waals surface area contributed by atoms with Crippen LogP contribution in [-0.2, 0) is 11.8 Å². The van der Waals surface area contributed by atoms with E-state index in [2.05, 4.69) is 42.0 Å². The average Bonchev–Trinajstić information content (AvgIpc) is 3.44. The molecule has 6 nitrogen and oxygen atoms in total. The van der Waals surface area contributed by atoms with Gasteiger partial charge in [0.15, 0.2) is 0 Å². The van der Waals surface area contributed by atoms with Crippen LogP contribution >= 0.6 is 0 Å². The molecule has 1 saturated heterocycles. The summed E-state index contributed by atoms with van der Waals surface area (Å²) in [6.45, 7) is 11.2. The molecular formula is C26H37N3O3. The summed E-state index contributed by atoms with van der Waals surface area (Å²) in [4.78, 5) is 15.4. The largest absolute Gasteiger partial charge is 0.475 e. The number of amides is 1. The second kappa shape index (κ2) is 8.54. The molecule has 2 aromatic rings. The lowest BCUT2D eigenvalue weighted by atomic mass is 9.91. The van der Waals surface area contributed by atoms with E-state index in [0.29, 0.717) is 17.8 Å². The molecule has 2 fully saturated rings. The number of piperidine rings is 1. The van der Waals surface area contributed by atoms with Crippen LogP contribution in [0.4, 0.5) is 0 Å². The van der Waals surface area contributed by atoms with E-state index in [1.807, 2.05) is 32.5 Å². The van der Waals surface area contributed by atoms with Crippen LogP contribution in [0, 0.1) is 25.2 Å². The van der Waals surface area contributed by atoms with Gasteiger partial charge in [0.25, 0.3) is 0 Å². The number of benzene rings is 1. The summed E-state index contributed by atoms with van der Waals surface area (Å²) in [5, 5.41) is 14.6. The van der Waals surface area contributed by atoms with Crippen molar-refractivity contribution in [2.24, 2.45) is 18.4 Å². The fourth-order valence-corrected chi connectivity index (χ4v) is 5.48. The number of hydrogen-bond donors (Lipinski definition) is 1. The number of fused-ring (bicyclic) bond motifs is 2. The van der Waals surface area contributed by atoms with Crippen molar-refractivity contribution >= 4 is 5.91 Å². The smallest absolute Gasteiger partial charge is 0.237 e. The van der Waals surface area contributed by atoms with Crippen molar-refractivity contribution in [2.75, 3.05) is 19.8 Å². The molecule has 6 heteroatoms. The molecule has 2 aliphatic rings. The van der Waals surface area contributed by atoms with Gasteiger partial charge in [-0.3, -0.25) is 9.48 Å². The van der Waals surface area contributed by atoms with Gasteiger partial charge in [0, 0.05) is 43.3 Å². The van der Waals surface area contributed by atoms with E-state index in [4.69, 9.17) is 4.74 Å². The summed E-state index contributed by atoms with van der Waals surface area (Å²) in [7, 11) is 1.91. The number of carbonyl (C=O) groups is 1. The zero-order chi connectivity index (χ0) is 23.2. The number of nitrogens with zero attached hydrogens (tertiary/aromatic N) is 3. The molecule has 0 spiro atoms. The van der Waals surface area contributed by atoms with Crippen LogP contribution in [0.1, 0.15) is 62.6 Å². The van der Waals surface area contributed by atoms with Gasteiger partial charge in [0.05, 0.1) is 11.1 Å². The summed E-state index contributed by atoms with van der Waals surface area (Å²) in [5.74, 6) is 1.22. The first-order chi connectivity index (χ1) is 15.1. The Morgan fingerprint density at radius 2 is 1.94 bits per heavy atom. The van der Waals surface area contributed by atoms with E-state index in [0.717, 1.165) is 36.2 Å². The molecule has 1 N–H and O–H groups in total. The zero-order valence-electron chi connectivity index (χ0n) is 20.3. The lowest BCUT2D eigenvalue weighted by molar-refractivity contribution is -0.143. The van der Waals surface area contributed by atoms with Crippen LogP contribution in [0.5, 0.6) is 5.88 Å². The fourth-order valence-electron chi connectivity index (χ4n) is 5.48. The van der Waals surface area contributed by atoms with Gasteiger partial charge in [0.1, 0.15) is 6.61 Å². The molecule has 2 unspecified atom stereocenters. The number of ether oxygens (including phenoxy) is 1. The van der Waals surface area contributed by atoms with Crippen LogP contribution in [0.3, 0.4) is 0 Å². The summed E-state index contributed by atoms with van der Waals surface area (Å²) < 4.78 is 8.07. The lowest BCUT2D eigenvalue weighted by Gasteiger charge is -2.34. The minimum absolute atomic E-state index is 0.000971. The molecule has 1 aromatic carbocycles. The van der Waals surface area contributed by atoms with Crippen molar-refractivity contribution < 1.29 is 14.6 Å². The first-order valence-electron chi connectivity index (χ1n) is 11.8. The quantitative estimate of drug-likeness (QED) is 0.702. The first-order valence-corrected chi connectivity index (χ1v) is 11.8. The third-order valence-electron chi connectivity index (χ3n) is 7.13. The molecule has 1 aromatic heterocycles. The van der Waals surface area contributed by atoms with Crippen molar-refractivity contribution in [3.05, 3.63) is 34.9 Å². The highest BCUT2D eigenvalue weighted by Crippen LogP contribution is 2.40. The summed E-state index contributed by atoms with van der Waals surface area (Å²) in [5.41, 5.74) is 4.63. The van der Waals surface area contributed by atoms with Gasteiger partial charge in [-0.1, -0.05) is 24.1 Å². The van der Waals surface area contributed by atoms with Crippen LogP contribution in [0.15, 0.2) is 18.2 Å². The Kier molecular flexibility index (Phi) is 6.10. The number of likely N-dealkylation sites (tertiary alicyclic amines) is 1. The molecule has 2 bridgehead atoms. The minimum Gasteiger partial charge on any atom is -0.475 e. The third kappa shape index (κ3) is 4.17. The van der Waals surface area contributed by atoms with Crippen molar-refractivity contribution in [3.63, 3.8) is 0 Å². The van der Waals surface area contributed by atoms with Gasteiger partial charge in [-0.15, -0.1) is 5.10 Å². The van der Waals surface area contributed by atoms with Gasteiger partial charge in [-0.05, 0) is 65.0 Å². The molecule has 0 radical (unpaired) electrons. The number of aromatic nitrogens is 2. The van der Waals surface area contributed by atoms with E-state index >= 15 is 0 Å². The molecule has 2 heterocycles. The summed E-state index contributed by atoms with van der Waals surface area (Å²) in [6, 6.07) is 6.82. The van der Waals surface area contributed by atoms with Crippen molar-refractivity contribution in [3.8, 4) is 17.1 Å². The predicted molar refractivity (Wildman–Crippen MR) is 126 cm³/mol. The number of aliphatic hydroxyl groups is 1. The molecule has 3 atom stereocenters. The first kappa shape index (κ1) is 22.8. The SMILES string of the molecule is Cc1cc(C)cc(-c2c([C@H](C)CO)c(OCC(C)(C)C(=O)N3CC4CCC3C4)nn2C)c1. The number of carbonyl (C=O) groups excluding carboxylic acids is 1. The molecular weight excluding hydrogens is 402 g/mol. The Balaban J connectivity index is 1.60. The average molecular weight is 440 g/mol. The van der Waals surface area contributed by atoms with Crippen LogP contribution in [0.2, 0.25) is 0 Å². The Morgan fingerprint density at radius 1 is 1.25 bits per heavy atom. The lowest BCUT2D eigenvalue weighted by Crippen LogP contribution is -2.47. The van der Waals surface area contributed by atoms with Gasteiger partial charge in [0.2, 0.25) is 11.8 Å². The van der Waals surface area contributed by atoms with E-state index < -0.39 is 5.41 Å². The van der Waals surface area contributed by atoms with Gasteiger partial charge in [-0.25, -0.2) is 0 Å². The van der Waals surface area contributed by atoms with E-state index in [1.54, 1.807) is 0 Å². The number of aryl methyl sites for hydroxylation is 3. The third-order valence-corrected chi connectivity index (χ3v) is 7.13. The molecule has 32 heavy (non-hydrogen) atoms. The predicted octanol–water partition coefficient (Wildman–Crippen LogP) is 4.22. The molecule has 4 rings (SSSR count).